The smallest absolute Gasteiger partial charge is 0.329 e. The van der Waals surface area contributed by atoms with Gasteiger partial charge in [0, 0.05) is 25.7 Å². The van der Waals surface area contributed by atoms with Crippen molar-refractivity contribution in [2.75, 3.05) is 23.4 Å². The third-order valence-electron chi connectivity index (χ3n) is 7.23. The summed E-state index contributed by atoms with van der Waals surface area (Å²) >= 11 is 0. The second kappa shape index (κ2) is 14.3. The van der Waals surface area contributed by atoms with E-state index in [0.29, 0.717) is 24.3 Å². The molecule has 1 aliphatic rings. The molecule has 282 valence electrons. The zero-order valence-corrected chi connectivity index (χ0v) is 28.6. The van der Waals surface area contributed by atoms with Crippen molar-refractivity contribution in [2.24, 2.45) is 7.05 Å². The van der Waals surface area contributed by atoms with Gasteiger partial charge in [-0.1, -0.05) is 0 Å². The summed E-state index contributed by atoms with van der Waals surface area (Å²) < 4.78 is 208. The highest BCUT2D eigenvalue weighted by atomic mass is 35.7. The van der Waals surface area contributed by atoms with Gasteiger partial charge >= 0.3 is 11.0 Å². The summed E-state index contributed by atoms with van der Waals surface area (Å²) in [6.45, 7) is 2.89. The molecule has 0 unspecified atom stereocenters. The number of benzene rings is 2. The van der Waals surface area contributed by atoms with E-state index in [1.54, 1.807) is 0 Å². The molecular formula is C27H24ClF9N4O8S2. The molecule has 0 aliphatic carbocycles. The van der Waals surface area contributed by atoms with Gasteiger partial charge in [0.1, 0.15) is 5.82 Å². The summed E-state index contributed by atoms with van der Waals surface area (Å²) in [7, 11) is -13.7. The number of aromatic nitrogens is 2. The van der Waals surface area contributed by atoms with Gasteiger partial charge in [0.05, 0.1) is 40.8 Å². The molecule has 0 spiro atoms. The van der Waals surface area contributed by atoms with E-state index < -0.39 is 68.2 Å². The van der Waals surface area contributed by atoms with Crippen LogP contribution in [0.1, 0.15) is 19.7 Å². The Hall–Kier alpha value is -3.87. The Morgan fingerprint density at radius 3 is 1.78 bits per heavy atom. The number of hydrogen-bond donors (Lipinski definition) is 0. The van der Waals surface area contributed by atoms with Crippen molar-refractivity contribution >= 4 is 48.2 Å². The first kappa shape index (κ1) is 41.5. The number of alkyl halides is 6. The third kappa shape index (κ3) is 8.29. The molecular weight excluding hydrogens is 779 g/mol. The SMILES string of the molecule is CCN1/C(=C/C(F)=C(F)/C(F)=C\c2n(CC)c3cc(S(=O)(=O)C(F)(F)F)ccc3[n+]2C)N(C)c2ccc(S(=O)(=O)C(F)(F)F)cc21.[O-][Cl+3]([O-])([O-])[O-]. The van der Waals surface area contributed by atoms with E-state index in [1.807, 2.05) is 0 Å². The first-order valence-corrected chi connectivity index (χ1v) is 17.9. The number of imidazole rings is 1. The van der Waals surface area contributed by atoms with Crippen molar-refractivity contribution in [3.63, 3.8) is 0 Å². The van der Waals surface area contributed by atoms with Crippen molar-refractivity contribution < 1.29 is 89.8 Å². The van der Waals surface area contributed by atoms with Gasteiger partial charge in [-0.05, 0) is 44.2 Å². The molecule has 12 nitrogen and oxygen atoms in total. The van der Waals surface area contributed by atoms with E-state index in [9.17, 15) is 43.2 Å². The van der Waals surface area contributed by atoms with Gasteiger partial charge < -0.3 is 9.80 Å². The topological polar surface area (TPSA) is 176 Å². The Labute approximate surface area is 285 Å². The highest BCUT2D eigenvalue weighted by Crippen LogP contribution is 2.44. The lowest BCUT2D eigenvalue weighted by Gasteiger charge is -2.21. The zero-order chi connectivity index (χ0) is 39.2. The summed E-state index contributed by atoms with van der Waals surface area (Å²) in [4.78, 5) is 0.246. The molecule has 1 aromatic heterocycles. The molecule has 2 heterocycles. The molecule has 4 rings (SSSR count). The maximum Gasteiger partial charge on any atom is 0.501 e. The van der Waals surface area contributed by atoms with Crippen LogP contribution in [0.3, 0.4) is 0 Å². The van der Waals surface area contributed by atoms with Crippen molar-refractivity contribution in [3.05, 3.63) is 71.6 Å². The Morgan fingerprint density at radius 2 is 1.31 bits per heavy atom. The van der Waals surface area contributed by atoms with Crippen LogP contribution in [0, 0.1) is 10.2 Å². The normalized spacial score (nSPS) is 16.0. The van der Waals surface area contributed by atoms with Gasteiger partial charge in [-0.15, -0.1) is 10.2 Å². The van der Waals surface area contributed by atoms with Gasteiger partial charge in [-0.25, -0.2) is 57.8 Å². The molecule has 51 heavy (non-hydrogen) atoms. The van der Waals surface area contributed by atoms with Crippen LogP contribution in [0.4, 0.5) is 50.9 Å². The second-order valence-corrected chi connectivity index (χ2v) is 14.8. The number of nitrogens with zero attached hydrogens (tertiary/aromatic N) is 4. The number of anilines is 2. The maximum absolute atomic E-state index is 15.2. The van der Waals surface area contributed by atoms with E-state index in [4.69, 9.17) is 18.6 Å². The average molecular weight is 803 g/mol. The number of allylic oxidation sites excluding steroid dienone is 4. The molecule has 0 radical (unpaired) electrons. The van der Waals surface area contributed by atoms with Crippen LogP contribution in [0.2, 0.25) is 0 Å². The molecule has 0 saturated heterocycles. The predicted octanol–water partition coefficient (Wildman–Crippen LogP) is 1.60. The molecule has 1 aliphatic heterocycles. The first-order valence-electron chi connectivity index (χ1n) is 13.7. The number of rotatable bonds is 7. The Balaban J connectivity index is 0.00000131. The molecule has 0 bridgehead atoms. The summed E-state index contributed by atoms with van der Waals surface area (Å²) in [5.74, 6) is -5.88. The van der Waals surface area contributed by atoms with Crippen LogP contribution >= 0.6 is 0 Å². The average Bonchev–Trinajstić information content (AvgIpc) is 3.42. The number of halogens is 10. The quantitative estimate of drug-likeness (QED) is 0.194. The minimum atomic E-state index is -5.73. The lowest BCUT2D eigenvalue weighted by molar-refractivity contribution is -2.00. The monoisotopic (exact) mass is 802 g/mol. The highest BCUT2D eigenvalue weighted by molar-refractivity contribution is 7.92. The van der Waals surface area contributed by atoms with Crippen LogP contribution in [0.25, 0.3) is 17.1 Å². The number of hydrogen-bond acceptors (Lipinski definition) is 10. The molecule has 2 aromatic carbocycles. The lowest BCUT2D eigenvalue weighted by atomic mass is 10.2. The van der Waals surface area contributed by atoms with Crippen LogP contribution in [-0.2, 0) is 33.3 Å². The fourth-order valence-corrected chi connectivity index (χ4v) is 6.51. The van der Waals surface area contributed by atoms with E-state index in [0.717, 1.165) is 24.3 Å². The summed E-state index contributed by atoms with van der Waals surface area (Å²) in [6, 6.07) is 4.96. The van der Waals surface area contributed by atoms with Gasteiger partial charge in [-0.3, -0.25) is 0 Å². The van der Waals surface area contributed by atoms with Gasteiger partial charge in [0.25, 0.3) is 25.5 Å². The third-order valence-corrected chi connectivity index (χ3v) is 10.2. The predicted molar refractivity (Wildman–Crippen MR) is 150 cm³/mol. The first-order chi connectivity index (χ1) is 23.1. The van der Waals surface area contributed by atoms with Crippen LogP contribution in [0.15, 0.2) is 75.6 Å². The summed E-state index contributed by atoms with van der Waals surface area (Å²) in [5, 5.41) is 0. The van der Waals surface area contributed by atoms with Crippen molar-refractivity contribution in [1.29, 1.82) is 0 Å². The van der Waals surface area contributed by atoms with Crippen LogP contribution < -0.4 is 33.0 Å². The lowest BCUT2D eigenvalue weighted by Crippen LogP contribution is -2.68. The van der Waals surface area contributed by atoms with E-state index >= 15 is 13.2 Å². The van der Waals surface area contributed by atoms with Crippen LogP contribution in [-0.4, -0.2) is 46.0 Å². The molecule has 0 amide bonds. The summed E-state index contributed by atoms with van der Waals surface area (Å²) in [5.41, 5.74) is -11.0. The molecule has 0 N–H and O–H groups in total. The summed E-state index contributed by atoms with van der Waals surface area (Å²) in [6.07, 6.45) is 1.10. The molecule has 0 atom stereocenters. The van der Waals surface area contributed by atoms with Gasteiger partial charge in [0.15, 0.2) is 28.5 Å². The Morgan fingerprint density at radius 1 is 0.824 bits per heavy atom. The molecule has 0 fully saturated rings. The van der Waals surface area contributed by atoms with E-state index in [-0.39, 0.29) is 47.1 Å². The zero-order valence-electron chi connectivity index (χ0n) is 26.2. The van der Waals surface area contributed by atoms with Crippen molar-refractivity contribution in [3.8, 4) is 0 Å². The molecule has 0 saturated carbocycles. The number of sulfone groups is 2. The van der Waals surface area contributed by atoms with Crippen molar-refractivity contribution in [2.45, 2.75) is 41.2 Å². The fraction of sp³-hybridized carbons (Fsp3) is 0.296. The van der Waals surface area contributed by atoms with Gasteiger partial charge in [0.2, 0.25) is 0 Å². The highest BCUT2D eigenvalue weighted by Gasteiger charge is 2.48. The largest absolute Gasteiger partial charge is 0.501 e. The fourth-order valence-electron chi connectivity index (χ4n) is 4.95. The second-order valence-electron chi connectivity index (χ2n) is 10.2. The van der Waals surface area contributed by atoms with E-state index in [1.165, 1.54) is 46.9 Å². The van der Waals surface area contributed by atoms with Gasteiger partial charge in [-0.2, -0.15) is 26.3 Å². The number of aryl methyl sites for hydroxylation is 2. The van der Waals surface area contributed by atoms with Crippen LogP contribution in [0.5, 0.6) is 0 Å². The minimum Gasteiger partial charge on any atom is -0.329 e. The number of fused-ring (bicyclic) bond motifs is 2. The molecule has 3 aromatic rings. The molecule has 24 heteroatoms. The van der Waals surface area contributed by atoms with E-state index in [2.05, 4.69) is 0 Å². The minimum absolute atomic E-state index is 0.0512. The Kier molecular flexibility index (Phi) is 11.6. The maximum atomic E-state index is 15.2. The van der Waals surface area contributed by atoms with Crippen molar-refractivity contribution in [1.82, 2.24) is 4.57 Å². The Bertz CT molecular complexity index is 2150. The standard InChI is InChI=1S/C27H24F9N4O4S2.ClHO4/c1-5-39-21-11-15(45(41,42)26(31,32)33)7-9-19(21)37(3)23(39)13-17(28)25(30)18(29)14-24-38(4)20-10-8-16(12-22(20)40(24)6-2)46(43,44)27(34,35)36;2-1(3,4)5/h7-14H,5-6H2,1-4H3;(H,2,3,4,5)/q+1;/p-1.